The highest BCUT2D eigenvalue weighted by Gasteiger charge is 2.21. The van der Waals surface area contributed by atoms with Crippen LogP contribution in [-0.4, -0.2) is 53.3 Å². The monoisotopic (exact) mass is 469 g/mol. The second-order valence-electron chi connectivity index (χ2n) is 7.06. The molecule has 34 heavy (non-hydrogen) atoms. The molecule has 0 unspecified atom stereocenters. The van der Waals surface area contributed by atoms with Crippen LogP contribution in [0.2, 0.25) is 0 Å². The van der Waals surface area contributed by atoms with Crippen molar-refractivity contribution in [2.24, 2.45) is 0 Å². The first-order chi connectivity index (χ1) is 16.5. The van der Waals surface area contributed by atoms with Gasteiger partial charge in [-0.3, -0.25) is 0 Å². The van der Waals surface area contributed by atoms with Crippen LogP contribution in [0.1, 0.15) is 27.0 Å². The summed E-state index contributed by atoms with van der Waals surface area (Å²) in [5.74, 6) is 1.39. The Labute approximate surface area is 197 Å². The molecule has 1 amide bonds. The van der Waals surface area contributed by atoms with Crippen molar-refractivity contribution in [1.82, 2.24) is 5.32 Å². The van der Waals surface area contributed by atoms with Crippen molar-refractivity contribution in [3.63, 3.8) is 0 Å². The third-order valence-corrected chi connectivity index (χ3v) is 5.04. The van der Waals surface area contributed by atoms with Gasteiger partial charge in [0.15, 0.2) is 23.0 Å². The summed E-state index contributed by atoms with van der Waals surface area (Å²) < 4.78 is 31.6. The number of hydrogen-bond donors (Lipinski definition) is 1. The number of alkyl carbamates (subject to hydrolysis) is 1. The second-order valence-corrected chi connectivity index (χ2v) is 7.06. The molecule has 0 saturated heterocycles. The molecule has 1 aliphatic heterocycles. The largest absolute Gasteiger partial charge is 0.493 e. The highest BCUT2D eigenvalue weighted by molar-refractivity contribution is 5.98. The zero-order valence-corrected chi connectivity index (χ0v) is 19.3. The minimum absolute atomic E-state index is 0.135. The van der Waals surface area contributed by atoms with Crippen LogP contribution in [0.5, 0.6) is 23.0 Å². The molecule has 0 atom stereocenters. The molecule has 180 valence electrons. The van der Waals surface area contributed by atoms with Crippen molar-refractivity contribution < 1.29 is 38.0 Å². The Morgan fingerprint density at radius 3 is 2.47 bits per heavy atom. The summed E-state index contributed by atoms with van der Waals surface area (Å²) in [4.78, 5) is 24.2. The molecule has 1 heterocycles. The first-order valence-corrected chi connectivity index (χ1v) is 10.5. The molecular weight excluding hydrogens is 442 g/mol. The van der Waals surface area contributed by atoms with Crippen LogP contribution in [-0.2, 0) is 15.9 Å². The fraction of sp³-hybridized carbons (Fsp3) is 0.280. The third-order valence-electron chi connectivity index (χ3n) is 5.04. The van der Waals surface area contributed by atoms with E-state index in [4.69, 9.17) is 28.4 Å². The molecule has 0 aromatic heterocycles. The molecule has 0 aliphatic carbocycles. The summed E-state index contributed by atoms with van der Waals surface area (Å²) in [5.41, 5.74) is 2.56. The van der Waals surface area contributed by atoms with Crippen LogP contribution in [0.15, 0.2) is 36.9 Å². The molecule has 1 aliphatic rings. The minimum atomic E-state index is -0.552. The maximum atomic E-state index is 12.5. The molecule has 0 fully saturated rings. The Morgan fingerprint density at radius 1 is 1.06 bits per heavy atom. The van der Waals surface area contributed by atoms with Gasteiger partial charge in [-0.15, -0.1) is 0 Å². The van der Waals surface area contributed by atoms with E-state index in [0.29, 0.717) is 35.8 Å². The van der Waals surface area contributed by atoms with Crippen LogP contribution in [0, 0.1) is 0 Å². The van der Waals surface area contributed by atoms with Gasteiger partial charge in [-0.25, -0.2) is 9.59 Å². The normalized spacial score (nSPS) is 11.7. The molecular formula is C25H27NO8. The Morgan fingerprint density at radius 2 is 1.79 bits per heavy atom. The molecule has 9 nitrogen and oxygen atoms in total. The lowest BCUT2D eigenvalue weighted by atomic mass is 10.00. The summed E-state index contributed by atoms with van der Waals surface area (Å²) in [7, 11) is 4.26. The maximum Gasteiger partial charge on any atom is 0.407 e. The summed E-state index contributed by atoms with van der Waals surface area (Å²) >= 11 is 0. The van der Waals surface area contributed by atoms with Crippen molar-refractivity contribution in [1.29, 1.82) is 0 Å². The van der Waals surface area contributed by atoms with E-state index in [1.54, 1.807) is 18.2 Å². The van der Waals surface area contributed by atoms with Crippen LogP contribution < -0.4 is 24.3 Å². The molecule has 2 aromatic carbocycles. The highest BCUT2D eigenvalue weighted by Crippen LogP contribution is 2.37. The van der Waals surface area contributed by atoms with Crippen LogP contribution in [0.4, 0.5) is 4.79 Å². The lowest BCUT2D eigenvalue weighted by molar-refractivity contribution is 0.0596. The molecule has 0 saturated carbocycles. The summed E-state index contributed by atoms with van der Waals surface area (Å²) in [6.45, 7) is 4.13. The van der Waals surface area contributed by atoms with Crippen molar-refractivity contribution in [2.75, 3.05) is 41.3 Å². The molecule has 0 bridgehead atoms. The fourth-order valence-corrected chi connectivity index (χ4v) is 3.43. The average Bonchev–Trinajstić information content (AvgIpc) is 3.32. The SMILES string of the molecule is C=CCOC(=O)NCCc1cc2c(cc1/C=C/c1ccc(OC)c(OC)c1C(=O)OC)OCO2. The van der Waals surface area contributed by atoms with E-state index in [0.717, 1.165) is 11.1 Å². The van der Waals surface area contributed by atoms with E-state index in [2.05, 4.69) is 11.9 Å². The molecule has 9 heteroatoms. The molecule has 1 N–H and O–H groups in total. The third kappa shape index (κ3) is 5.61. The molecule has 0 spiro atoms. The Kier molecular flexibility index (Phi) is 8.39. The number of carbonyl (C=O) groups excluding carboxylic acids is 2. The van der Waals surface area contributed by atoms with E-state index in [1.165, 1.54) is 27.4 Å². The van der Waals surface area contributed by atoms with E-state index < -0.39 is 12.1 Å². The van der Waals surface area contributed by atoms with Crippen molar-refractivity contribution >= 4 is 24.2 Å². The van der Waals surface area contributed by atoms with Crippen molar-refractivity contribution in [3.05, 3.63) is 59.2 Å². The average molecular weight is 469 g/mol. The molecule has 2 aromatic rings. The number of carbonyl (C=O) groups is 2. The fourth-order valence-electron chi connectivity index (χ4n) is 3.43. The number of hydrogen-bond acceptors (Lipinski definition) is 8. The van der Waals surface area contributed by atoms with Gasteiger partial charge < -0.3 is 33.7 Å². The van der Waals surface area contributed by atoms with Gasteiger partial charge in [-0.1, -0.05) is 30.9 Å². The zero-order valence-electron chi connectivity index (χ0n) is 19.3. The Hall–Kier alpha value is -4.14. The number of rotatable bonds is 10. The molecule has 0 radical (unpaired) electrons. The quantitative estimate of drug-likeness (QED) is 0.318. The van der Waals surface area contributed by atoms with Gasteiger partial charge in [0.2, 0.25) is 6.79 Å². The number of methoxy groups -OCH3 is 3. The van der Waals surface area contributed by atoms with Crippen LogP contribution in [0.25, 0.3) is 12.2 Å². The number of amides is 1. The number of ether oxygens (including phenoxy) is 6. The number of fused-ring (bicyclic) bond motifs is 1. The van der Waals surface area contributed by atoms with Gasteiger partial charge in [0, 0.05) is 6.54 Å². The first-order valence-electron chi connectivity index (χ1n) is 10.5. The minimum Gasteiger partial charge on any atom is -0.493 e. The maximum absolute atomic E-state index is 12.5. The van der Waals surface area contributed by atoms with E-state index >= 15 is 0 Å². The van der Waals surface area contributed by atoms with Gasteiger partial charge in [0.05, 0.1) is 21.3 Å². The second kappa shape index (κ2) is 11.6. The van der Waals surface area contributed by atoms with E-state index in [1.807, 2.05) is 18.2 Å². The van der Waals surface area contributed by atoms with Crippen LogP contribution in [0.3, 0.4) is 0 Å². The number of nitrogens with one attached hydrogen (secondary N) is 1. The number of benzene rings is 2. The smallest absolute Gasteiger partial charge is 0.407 e. The summed E-state index contributed by atoms with van der Waals surface area (Å²) in [5, 5.41) is 2.70. The van der Waals surface area contributed by atoms with Gasteiger partial charge in [-0.05, 0) is 41.3 Å². The first kappa shape index (κ1) is 24.5. The predicted molar refractivity (Wildman–Crippen MR) is 126 cm³/mol. The summed E-state index contributed by atoms with van der Waals surface area (Å²) in [6, 6.07) is 7.18. The predicted octanol–water partition coefficient (Wildman–Crippen LogP) is 3.84. The summed E-state index contributed by atoms with van der Waals surface area (Å²) in [6.07, 6.45) is 5.11. The topological polar surface area (TPSA) is 102 Å². The van der Waals surface area contributed by atoms with Crippen LogP contribution >= 0.6 is 0 Å². The highest BCUT2D eigenvalue weighted by atomic mass is 16.7. The molecule has 3 rings (SSSR count). The Balaban J connectivity index is 1.91. The van der Waals surface area contributed by atoms with Gasteiger partial charge >= 0.3 is 12.1 Å². The van der Waals surface area contributed by atoms with Gasteiger partial charge in [-0.2, -0.15) is 0 Å². The zero-order chi connectivity index (χ0) is 24.5. The Bertz CT molecular complexity index is 1090. The standard InChI is InChI=1S/C25H27NO8/c1-5-12-32-25(28)26-11-10-18-14-21-20(33-15-34-21)13-17(18)7-6-16-8-9-19(29-2)23(30-3)22(16)24(27)31-4/h5-9,13-14H,1,10-12,15H2,2-4H3,(H,26,28)/b7-6+. The lowest BCUT2D eigenvalue weighted by Gasteiger charge is -2.14. The van der Waals surface area contributed by atoms with E-state index in [-0.39, 0.29) is 24.7 Å². The van der Waals surface area contributed by atoms with Gasteiger partial charge in [0.25, 0.3) is 0 Å². The lowest BCUT2D eigenvalue weighted by Crippen LogP contribution is -2.26. The van der Waals surface area contributed by atoms with E-state index in [9.17, 15) is 9.59 Å². The number of esters is 1. The van der Waals surface area contributed by atoms with Crippen molar-refractivity contribution in [2.45, 2.75) is 6.42 Å². The van der Waals surface area contributed by atoms with Gasteiger partial charge in [0.1, 0.15) is 12.2 Å². The van der Waals surface area contributed by atoms with Crippen molar-refractivity contribution in [3.8, 4) is 23.0 Å².